The lowest BCUT2D eigenvalue weighted by atomic mass is 10.1. The van der Waals surface area contributed by atoms with Gasteiger partial charge in [-0.1, -0.05) is 20.8 Å². The minimum absolute atomic E-state index is 0.0148. The van der Waals surface area contributed by atoms with Crippen LogP contribution in [0.5, 0.6) is 0 Å². The number of rotatable bonds is 22. The number of hydrogen-bond acceptors (Lipinski definition) is 7. The van der Waals surface area contributed by atoms with Crippen LogP contribution in [0.3, 0.4) is 0 Å². The van der Waals surface area contributed by atoms with Gasteiger partial charge in [0.25, 0.3) is 0 Å². The molecule has 0 heterocycles. The molecule has 0 spiro atoms. The fraction of sp³-hybridized carbons (Fsp3) is 0.905. The van der Waals surface area contributed by atoms with E-state index in [4.69, 9.17) is 18.9 Å². The second kappa shape index (κ2) is 22.4. The Labute approximate surface area is 181 Å². The van der Waals surface area contributed by atoms with E-state index in [0.29, 0.717) is 84.7 Å². The average Bonchev–Trinajstić information content (AvgIpc) is 2.70. The fourth-order valence-corrected chi connectivity index (χ4v) is 2.34. The van der Waals surface area contributed by atoms with Gasteiger partial charge < -0.3 is 34.9 Å². The molecule has 0 aliphatic carbocycles. The van der Waals surface area contributed by atoms with Gasteiger partial charge in [0.15, 0.2) is 0 Å². The summed E-state index contributed by atoms with van der Waals surface area (Å²) in [6, 6.07) is 0. The molecule has 0 aromatic carbocycles. The fourth-order valence-electron chi connectivity index (χ4n) is 2.34. The largest absolute Gasteiger partial charge is 0.379 e. The number of carbonyl (C=O) groups excluding carboxylic acids is 2. The summed E-state index contributed by atoms with van der Waals surface area (Å²) < 4.78 is 21.6. The van der Waals surface area contributed by atoms with Crippen molar-refractivity contribution in [1.82, 2.24) is 16.0 Å². The summed E-state index contributed by atoms with van der Waals surface area (Å²) in [7, 11) is 0. The third kappa shape index (κ3) is 23.0. The van der Waals surface area contributed by atoms with Gasteiger partial charge in [0.1, 0.15) is 0 Å². The summed E-state index contributed by atoms with van der Waals surface area (Å²) in [6.07, 6.45) is 1.84. The van der Waals surface area contributed by atoms with Gasteiger partial charge in [-0.3, -0.25) is 9.59 Å². The number of ether oxygens (including phenoxy) is 4. The van der Waals surface area contributed by atoms with E-state index in [1.807, 2.05) is 13.8 Å². The molecular formula is C21H43N3O6. The summed E-state index contributed by atoms with van der Waals surface area (Å²) >= 11 is 0. The van der Waals surface area contributed by atoms with Gasteiger partial charge in [0, 0.05) is 25.9 Å². The van der Waals surface area contributed by atoms with Crippen LogP contribution >= 0.6 is 0 Å². The first-order chi connectivity index (χ1) is 14.6. The van der Waals surface area contributed by atoms with E-state index in [2.05, 4.69) is 22.9 Å². The molecule has 0 bridgehead atoms. The summed E-state index contributed by atoms with van der Waals surface area (Å²) in [5, 5.41) is 8.89. The first-order valence-corrected chi connectivity index (χ1v) is 11.1. The normalized spacial score (nSPS) is 11.1. The molecule has 0 aliphatic heterocycles. The molecule has 30 heavy (non-hydrogen) atoms. The van der Waals surface area contributed by atoms with Gasteiger partial charge >= 0.3 is 0 Å². The van der Waals surface area contributed by atoms with E-state index in [-0.39, 0.29) is 11.8 Å². The van der Waals surface area contributed by atoms with Crippen molar-refractivity contribution in [3.05, 3.63) is 0 Å². The molecule has 0 aliphatic rings. The standard InChI is InChI=1S/C21H43N3O6/c1-4-22-7-5-8-23-20(25)6-10-27-12-14-29-16-17-30-15-13-28-11-9-24-21(26)18-19(2)3/h19,22H,4-18H2,1-3H3,(H,23,25)(H,24,26). The molecule has 3 N–H and O–H groups in total. The van der Waals surface area contributed by atoms with Crippen LogP contribution in [0.25, 0.3) is 0 Å². The van der Waals surface area contributed by atoms with Crippen molar-refractivity contribution < 1.29 is 28.5 Å². The second-order valence-electron chi connectivity index (χ2n) is 7.20. The van der Waals surface area contributed by atoms with Crippen molar-refractivity contribution in [2.45, 2.75) is 40.0 Å². The van der Waals surface area contributed by atoms with E-state index < -0.39 is 0 Å². The average molecular weight is 434 g/mol. The predicted molar refractivity (Wildman–Crippen MR) is 117 cm³/mol. The van der Waals surface area contributed by atoms with E-state index in [0.717, 1.165) is 19.5 Å². The summed E-state index contributed by atoms with van der Waals surface area (Å²) in [4.78, 5) is 23.0. The Kier molecular flexibility index (Phi) is 21.5. The highest BCUT2D eigenvalue weighted by atomic mass is 16.6. The smallest absolute Gasteiger partial charge is 0.222 e. The number of nitrogens with one attached hydrogen (secondary N) is 3. The lowest BCUT2D eigenvalue weighted by Gasteiger charge is -2.09. The molecule has 9 heteroatoms. The van der Waals surface area contributed by atoms with Crippen LogP contribution in [-0.4, -0.2) is 90.8 Å². The highest BCUT2D eigenvalue weighted by Crippen LogP contribution is 1.97. The quantitative estimate of drug-likeness (QED) is 0.216. The van der Waals surface area contributed by atoms with E-state index in [1.54, 1.807) is 0 Å². The molecule has 178 valence electrons. The van der Waals surface area contributed by atoms with Crippen molar-refractivity contribution in [1.29, 1.82) is 0 Å². The van der Waals surface area contributed by atoms with E-state index >= 15 is 0 Å². The molecule has 0 fully saturated rings. The molecule has 0 atom stereocenters. The highest BCUT2D eigenvalue weighted by Gasteiger charge is 2.03. The maximum Gasteiger partial charge on any atom is 0.222 e. The van der Waals surface area contributed by atoms with Crippen LogP contribution in [0, 0.1) is 5.92 Å². The topological polar surface area (TPSA) is 107 Å². The van der Waals surface area contributed by atoms with Crippen molar-refractivity contribution in [2.75, 3.05) is 79.0 Å². The molecular weight excluding hydrogens is 390 g/mol. The minimum Gasteiger partial charge on any atom is -0.379 e. The van der Waals surface area contributed by atoms with Gasteiger partial charge in [0.2, 0.25) is 11.8 Å². The molecule has 0 aromatic heterocycles. The van der Waals surface area contributed by atoms with Gasteiger partial charge in [-0.15, -0.1) is 0 Å². The summed E-state index contributed by atoms with van der Waals surface area (Å²) in [5.74, 6) is 0.438. The first-order valence-electron chi connectivity index (χ1n) is 11.1. The lowest BCUT2D eigenvalue weighted by molar-refractivity contribution is -0.123. The van der Waals surface area contributed by atoms with Gasteiger partial charge in [0.05, 0.1) is 52.9 Å². The Morgan fingerprint density at radius 2 is 1.23 bits per heavy atom. The predicted octanol–water partition coefficient (Wildman–Crippen LogP) is 0.721. The first kappa shape index (κ1) is 28.7. The summed E-state index contributed by atoms with van der Waals surface area (Å²) in [6.45, 7) is 12.9. The van der Waals surface area contributed by atoms with Crippen LogP contribution in [0.4, 0.5) is 0 Å². The SMILES string of the molecule is CCNCCCNC(=O)CCOCCOCCOCCOCCNC(=O)CC(C)C. The molecule has 9 nitrogen and oxygen atoms in total. The monoisotopic (exact) mass is 433 g/mol. The van der Waals surface area contributed by atoms with Crippen LogP contribution in [-0.2, 0) is 28.5 Å². The Balaban J connectivity index is 3.17. The minimum atomic E-state index is 0.0148. The highest BCUT2D eigenvalue weighted by molar-refractivity contribution is 5.76. The number of carbonyl (C=O) groups is 2. The maximum atomic E-state index is 11.6. The van der Waals surface area contributed by atoms with Crippen molar-refractivity contribution >= 4 is 11.8 Å². The van der Waals surface area contributed by atoms with E-state index in [1.165, 1.54) is 0 Å². The van der Waals surface area contributed by atoms with Crippen LogP contribution in [0.1, 0.15) is 40.0 Å². The molecule has 0 unspecified atom stereocenters. The molecule has 0 radical (unpaired) electrons. The second-order valence-corrected chi connectivity index (χ2v) is 7.20. The van der Waals surface area contributed by atoms with Crippen LogP contribution in [0.2, 0.25) is 0 Å². The molecule has 0 rings (SSSR count). The van der Waals surface area contributed by atoms with Crippen LogP contribution in [0.15, 0.2) is 0 Å². The molecule has 0 saturated carbocycles. The maximum absolute atomic E-state index is 11.6. The Bertz CT molecular complexity index is 410. The third-order valence-corrected chi connectivity index (χ3v) is 3.85. The Morgan fingerprint density at radius 1 is 0.700 bits per heavy atom. The summed E-state index contributed by atoms with van der Waals surface area (Å²) in [5.41, 5.74) is 0. The molecule has 2 amide bonds. The Morgan fingerprint density at radius 3 is 1.80 bits per heavy atom. The lowest BCUT2D eigenvalue weighted by Crippen LogP contribution is -2.28. The number of hydrogen-bond donors (Lipinski definition) is 3. The molecule has 0 saturated heterocycles. The number of amides is 2. The van der Waals surface area contributed by atoms with Gasteiger partial charge in [-0.05, 0) is 25.4 Å². The van der Waals surface area contributed by atoms with E-state index in [9.17, 15) is 9.59 Å². The van der Waals surface area contributed by atoms with Crippen molar-refractivity contribution in [2.24, 2.45) is 5.92 Å². The zero-order chi connectivity index (χ0) is 22.3. The third-order valence-electron chi connectivity index (χ3n) is 3.85. The van der Waals surface area contributed by atoms with Gasteiger partial charge in [-0.25, -0.2) is 0 Å². The van der Waals surface area contributed by atoms with Gasteiger partial charge in [-0.2, -0.15) is 0 Å². The zero-order valence-electron chi connectivity index (χ0n) is 19.1. The van der Waals surface area contributed by atoms with Crippen LogP contribution < -0.4 is 16.0 Å². The Hall–Kier alpha value is -1.26. The van der Waals surface area contributed by atoms with Crippen molar-refractivity contribution in [3.63, 3.8) is 0 Å². The zero-order valence-corrected chi connectivity index (χ0v) is 19.1. The van der Waals surface area contributed by atoms with Crippen molar-refractivity contribution in [3.8, 4) is 0 Å². The molecule has 0 aromatic rings.